The molecule has 2 aromatic carbocycles. The molecule has 2 unspecified atom stereocenters. The zero-order valence-electron chi connectivity index (χ0n) is 18.4. The number of methoxy groups -OCH3 is 1. The van der Waals surface area contributed by atoms with Gasteiger partial charge in [0.15, 0.2) is 16.9 Å². The third kappa shape index (κ3) is 3.64. The van der Waals surface area contributed by atoms with Gasteiger partial charge in [0.2, 0.25) is 5.76 Å². The molecule has 0 aliphatic carbocycles. The van der Waals surface area contributed by atoms with E-state index >= 15 is 0 Å². The molecule has 5 rings (SSSR count). The highest BCUT2D eigenvalue weighted by Crippen LogP contribution is 2.41. The van der Waals surface area contributed by atoms with E-state index < -0.39 is 17.3 Å². The van der Waals surface area contributed by atoms with Gasteiger partial charge in [0.1, 0.15) is 11.4 Å². The lowest BCUT2D eigenvalue weighted by Crippen LogP contribution is -2.36. The van der Waals surface area contributed by atoms with Gasteiger partial charge in [-0.3, -0.25) is 9.59 Å². The highest BCUT2D eigenvalue weighted by molar-refractivity contribution is 5.99. The van der Waals surface area contributed by atoms with E-state index in [1.54, 1.807) is 23.1 Å². The molecule has 3 aromatic rings. The number of hydrogen-bond donors (Lipinski definition) is 0. The van der Waals surface area contributed by atoms with E-state index in [1.165, 1.54) is 19.2 Å². The predicted molar refractivity (Wildman–Crippen MR) is 118 cm³/mol. The van der Waals surface area contributed by atoms with Gasteiger partial charge >= 0.3 is 0 Å². The maximum atomic E-state index is 13.9. The Morgan fingerprint density at radius 3 is 2.73 bits per heavy atom. The van der Waals surface area contributed by atoms with Crippen LogP contribution >= 0.6 is 0 Å². The Hall–Kier alpha value is -3.39. The van der Waals surface area contributed by atoms with Gasteiger partial charge in [0.25, 0.3) is 5.91 Å². The molecule has 2 aliphatic heterocycles. The van der Waals surface area contributed by atoms with Crippen LogP contribution in [0, 0.1) is 5.82 Å². The van der Waals surface area contributed by atoms with E-state index in [2.05, 4.69) is 0 Å². The van der Waals surface area contributed by atoms with Crippen molar-refractivity contribution in [2.45, 2.75) is 31.9 Å². The molecule has 0 N–H and O–H groups in total. The van der Waals surface area contributed by atoms with Crippen molar-refractivity contribution < 1.29 is 27.8 Å². The Kier molecular flexibility index (Phi) is 5.54. The van der Waals surface area contributed by atoms with Gasteiger partial charge in [-0.2, -0.15) is 0 Å². The van der Waals surface area contributed by atoms with Gasteiger partial charge in [0, 0.05) is 13.2 Å². The fraction of sp³-hybridized carbons (Fsp3) is 0.360. The first-order valence-corrected chi connectivity index (χ1v) is 11.0. The van der Waals surface area contributed by atoms with E-state index in [-0.39, 0.29) is 34.3 Å². The Balaban J connectivity index is 1.69. The molecule has 2 aliphatic rings. The summed E-state index contributed by atoms with van der Waals surface area (Å²) < 4.78 is 36.7. The summed E-state index contributed by atoms with van der Waals surface area (Å²) in [7, 11) is 1.53. The number of benzene rings is 2. The van der Waals surface area contributed by atoms with Crippen LogP contribution in [0.25, 0.3) is 11.0 Å². The van der Waals surface area contributed by atoms with Gasteiger partial charge in [-0.15, -0.1) is 0 Å². The molecule has 8 heteroatoms. The number of carbonyl (C=O) groups excluding carboxylic acids is 1. The summed E-state index contributed by atoms with van der Waals surface area (Å²) in [6.45, 7) is 3.29. The number of carbonyl (C=O) groups is 1. The maximum Gasteiger partial charge on any atom is 0.291 e. The van der Waals surface area contributed by atoms with Crippen LogP contribution in [0.1, 0.15) is 47.5 Å². The summed E-state index contributed by atoms with van der Waals surface area (Å²) in [5.74, 6) is 0.0985. The topological polar surface area (TPSA) is 78.2 Å². The fourth-order valence-electron chi connectivity index (χ4n) is 4.66. The molecule has 2 atom stereocenters. The number of amides is 1. The van der Waals surface area contributed by atoms with E-state index in [0.29, 0.717) is 36.8 Å². The molecule has 1 amide bonds. The maximum absolute atomic E-state index is 13.9. The van der Waals surface area contributed by atoms with E-state index in [0.717, 1.165) is 18.9 Å². The fourth-order valence-corrected chi connectivity index (χ4v) is 4.66. The second-order valence-corrected chi connectivity index (χ2v) is 8.15. The minimum Gasteiger partial charge on any atom is -0.493 e. The monoisotopic (exact) mass is 453 g/mol. The molecule has 1 aromatic heterocycles. The summed E-state index contributed by atoms with van der Waals surface area (Å²) in [5, 5.41) is 0.100. The normalized spacial score (nSPS) is 19.8. The smallest absolute Gasteiger partial charge is 0.291 e. The first-order valence-electron chi connectivity index (χ1n) is 11.0. The molecule has 7 nitrogen and oxygen atoms in total. The van der Waals surface area contributed by atoms with Crippen LogP contribution in [-0.4, -0.2) is 43.8 Å². The van der Waals surface area contributed by atoms with Crippen molar-refractivity contribution in [1.82, 2.24) is 4.90 Å². The van der Waals surface area contributed by atoms with Crippen molar-refractivity contribution in [2.24, 2.45) is 0 Å². The molecule has 1 fully saturated rings. The van der Waals surface area contributed by atoms with Crippen LogP contribution in [0.15, 0.2) is 45.6 Å². The van der Waals surface area contributed by atoms with Crippen LogP contribution < -0.4 is 14.9 Å². The lowest BCUT2D eigenvalue weighted by Gasteiger charge is -2.28. The van der Waals surface area contributed by atoms with Gasteiger partial charge < -0.3 is 23.5 Å². The van der Waals surface area contributed by atoms with Crippen LogP contribution in [0.5, 0.6) is 11.5 Å². The van der Waals surface area contributed by atoms with Gasteiger partial charge in [-0.05, 0) is 55.7 Å². The van der Waals surface area contributed by atoms with Crippen molar-refractivity contribution >= 4 is 16.9 Å². The van der Waals surface area contributed by atoms with Crippen molar-refractivity contribution in [3.8, 4) is 11.5 Å². The standard InChI is InChI=1S/C25H24FNO6/c1-3-31-19-8-6-14(11-20(19)30-2)22-21-23(28)17-12-15(26)7-9-18(17)33-24(21)25(29)27(22)13-16-5-4-10-32-16/h6-9,11-12,16,22H,3-5,10,13H2,1-2H3. The number of fused-ring (bicyclic) bond motifs is 2. The zero-order chi connectivity index (χ0) is 23.1. The number of hydrogen-bond acceptors (Lipinski definition) is 6. The van der Waals surface area contributed by atoms with Gasteiger partial charge in [-0.1, -0.05) is 6.07 Å². The summed E-state index contributed by atoms with van der Waals surface area (Å²) in [4.78, 5) is 28.6. The Morgan fingerprint density at radius 1 is 1.15 bits per heavy atom. The minimum absolute atomic E-state index is 0.0186. The average molecular weight is 453 g/mol. The predicted octanol–water partition coefficient (Wildman–Crippen LogP) is 4.06. The number of rotatable bonds is 6. The number of halogens is 1. The van der Waals surface area contributed by atoms with E-state index in [9.17, 15) is 14.0 Å². The molecule has 0 radical (unpaired) electrons. The third-order valence-corrected chi connectivity index (χ3v) is 6.16. The molecule has 172 valence electrons. The van der Waals surface area contributed by atoms with Crippen LogP contribution in [-0.2, 0) is 4.74 Å². The Bertz CT molecular complexity index is 1280. The summed E-state index contributed by atoms with van der Waals surface area (Å²) in [6, 6.07) is 8.32. The molecule has 3 heterocycles. The molecule has 0 saturated carbocycles. The van der Waals surface area contributed by atoms with Crippen molar-refractivity contribution in [2.75, 3.05) is 26.9 Å². The molecular formula is C25H24FNO6. The summed E-state index contributed by atoms with van der Waals surface area (Å²) in [6.07, 6.45) is 1.62. The minimum atomic E-state index is -0.717. The molecule has 33 heavy (non-hydrogen) atoms. The Morgan fingerprint density at radius 2 is 2.00 bits per heavy atom. The zero-order valence-corrected chi connectivity index (χ0v) is 18.4. The molecule has 0 bridgehead atoms. The molecular weight excluding hydrogens is 429 g/mol. The molecule has 1 saturated heterocycles. The lowest BCUT2D eigenvalue weighted by molar-refractivity contribution is 0.0486. The first kappa shape index (κ1) is 21.5. The summed E-state index contributed by atoms with van der Waals surface area (Å²) >= 11 is 0. The van der Waals surface area contributed by atoms with Gasteiger partial charge in [-0.25, -0.2) is 4.39 Å². The van der Waals surface area contributed by atoms with Gasteiger partial charge in [0.05, 0.1) is 36.8 Å². The highest BCUT2D eigenvalue weighted by Gasteiger charge is 2.44. The van der Waals surface area contributed by atoms with Crippen LogP contribution in [0.3, 0.4) is 0 Å². The summed E-state index contributed by atoms with van der Waals surface area (Å²) in [5.41, 5.74) is 0.619. The van der Waals surface area contributed by atoms with Crippen molar-refractivity contribution in [3.05, 3.63) is 69.3 Å². The van der Waals surface area contributed by atoms with E-state index in [4.69, 9.17) is 18.6 Å². The van der Waals surface area contributed by atoms with Crippen LogP contribution in [0.2, 0.25) is 0 Å². The molecule has 0 spiro atoms. The van der Waals surface area contributed by atoms with E-state index in [1.807, 2.05) is 6.92 Å². The third-order valence-electron chi connectivity index (χ3n) is 6.16. The first-order chi connectivity index (χ1) is 16.0. The largest absolute Gasteiger partial charge is 0.493 e. The van der Waals surface area contributed by atoms with Crippen molar-refractivity contribution in [1.29, 1.82) is 0 Å². The van der Waals surface area contributed by atoms with Crippen molar-refractivity contribution in [3.63, 3.8) is 0 Å². The second-order valence-electron chi connectivity index (χ2n) is 8.15. The SMILES string of the molecule is CCOc1ccc(C2c3c(oc4ccc(F)cc4c3=O)C(=O)N2CC2CCCO2)cc1OC. The van der Waals surface area contributed by atoms with Crippen LogP contribution in [0.4, 0.5) is 4.39 Å². The second kappa shape index (κ2) is 8.51. The number of ether oxygens (including phenoxy) is 3. The average Bonchev–Trinajstić information content (AvgIpc) is 3.42. The quantitative estimate of drug-likeness (QED) is 0.560. The Labute approximate surface area is 189 Å². The lowest BCUT2D eigenvalue weighted by atomic mass is 9.97. The highest BCUT2D eigenvalue weighted by atomic mass is 19.1. The number of nitrogens with zero attached hydrogens (tertiary/aromatic N) is 1.